The van der Waals surface area contributed by atoms with Crippen LogP contribution in [0.25, 0.3) is 10.9 Å². The summed E-state index contributed by atoms with van der Waals surface area (Å²) >= 11 is 0. The summed E-state index contributed by atoms with van der Waals surface area (Å²) in [4.78, 5) is 21.0. The molecule has 1 aromatic carbocycles. The minimum absolute atomic E-state index is 0.0555. The van der Waals surface area contributed by atoms with Crippen LogP contribution in [0.5, 0.6) is 0 Å². The van der Waals surface area contributed by atoms with Crippen LogP contribution in [-0.4, -0.2) is 36.3 Å². The van der Waals surface area contributed by atoms with Gasteiger partial charge < -0.3 is 14.6 Å². The van der Waals surface area contributed by atoms with Gasteiger partial charge in [-0.2, -0.15) is 0 Å². The van der Waals surface area contributed by atoms with E-state index in [2.05, 4.69) is 16.9 Å². The molecule has 1 fully saturated rings. The van der Waals surface area contributed by atoms with Crippen molar-refractivity contribution in [1.82, 2.24) is 9.97 Å². The molecule has 0 unspecified atom stereocenters. The summed E-state index contributed by atoms with van der Waals surface area (Å²) in [5.74, 6) is 0.764. The molecule has 0 amide bonds. The van der Waals surface area contributed by atoms with Crippen LogP contribution in [0.3, 0.4) is 0 Å². The van der Waals surface area contributed by atoms with E-state index >= 15 is 0 Å². The fourth-order valence-corrected chi connectivity index (χ4v) is 2.57. The summed E-state index contributed by atoms with van der Waals surface area (Å²) in [5, 5.41) is 0.649. The average molecular weight is 260 g/mol. The fourth-order valence-electron chi connectivity index (χ4n) is 2.57. The van der Waals surface area contributed by atoms with Crippen LogP contribution in [0.15, 0.2) is 29.1 Å². The highest BCUT2D eigenvalue weighted by molar-refractivity contribution is 5.77. The van der Waals surface area contributed by atoms with E-state index in [9.17, 15) is 4.79 Å². The minimum Gasteiger partial charge on any atom is -0.370 e. The summed E-state index contributed by atoms with van der Waals surface area (Å²) in [6, 6.07) is 7.63. The monoisotopic (exact) mass is 260 g/mol. The van der Waals surface area contributed by atoms with Gasteiger partial charge in [-0.1, -0.05) is 12.1 Å². The standard InChI is InChI=1S/C14H17N3O2/c1-10(17-6-8-19-9-7-17)13-15-12-5-3-2-4-11(12)14(18)16-13/h2-5,10H,6-9H2,1H3,(H,15,16,18)/p+1/t10-/m0/s1. The van der Waals surface area contributed by atoms with E-state index in [4.69, 9.17) is 4.74 Å². The highest BCUT2D eigenvalue weighted by Crippen LogP contribution is 2.09. The number of benzene rings is 1. The Kier molecular flexibility index (Phi) is 3.31. The number of fused-ring (bicyclic) bond motifs is 1. The Morgan fingerprint density at radius 2 is 2.05 bits per heavy atom. The van der Waals surface area contributed by atoms with Crippen LogP contribution in [0, 0.1) is 0 Å². The van der Waals surface area contributed by atoms with Crippen LogP contribution >= 0.6 is 0 Å². The first-order valence-corrected chi connectivity index (χ1v) is 6.67. The molecule has 5 heteroatoms. The lowest BCUT2D eigenvalue weighted by Crippen LogP contribution is -3.14. The van der Waals surface area contributed by atoms with Gasteiger partial charge in [0.1, 0.15) is 19.1 Å². The summed E-state index contributed by atoms with van der Waals surface area (Å²) < 4.78 is 5.37. The van der Waals surface area contributed by atoms with Crippen molar-refractivity contribution >= 4 is 10.9 Å². The van der Waals surface area contributed by atoms with E-state index in [1.54, 1.807) is 6.07 Å². The number of morpholine rings is 1. The van der Waals surface area contributed by atoms with Gasteiger partial charge in [0.05, 0.1) is 24.1 Å². The van der Waals surface area contributed by atoms with Gasteiger partial charge >= 0.3 is 0 Å². The number of nitrogens with one attached hydrogen (secondary N) is 2. The smallest absolute Gasteiger partial charge is 0.258 e. The first-order valence-electron chi connectivity index (χ1n) is 6.67. The summed E-state index contributed by atoms with van der Waals surface area (Å²) in [5.41, 5.74) is 0.709. The number of para-hydroxylation sites is 1. The van der Waals surface area contributed by atoms with Crippen molar-refractivity contribution in [3.63, 3.8) is 0 Å². The van der Waals surface area contributed by atoms with Gasteiger partial charge in [0.2, 0.25) is 0 Å². The second-order valence-corrected chi connectivity index (χ2v) is 4.96. The Morgan fingerprint density at radius 3 is 2.84 bits per heavy atom. The van der Waals surface area contributed by atoms with Crippen molar-refractivity contribution in [3.05, 3.63) is 40.4 Å². The molecule has 2 heterocycles. The molecule has 1 aliphatic rings. The third kappa shape index (κ3) is 2.39. The van der Waals surface area contributed by atoms with Crippen molar-refractivity contribution < 1.29 is 9.64 Å². The molecule has 1 aliphatic heterocycles. The quantitative estimate of drug-likeness (QED) is 0.792. The van der Waals surface area contributed by atoms with E-state index in [1.807, 2.05) is 18.2 Å². The number of hydrogen-bond donors (Lipinski definition) is 2. The van der Waals surface area contributed by atoms with Crippen molar-refractivity contribution in [1.29, 1.82) is 0 Å². The first kappa shape index (κ1) is 12.3. The van der Waals surface area contributed by atoms with Crippen LogP contribution < -0.4 is 10.5 Å². The Labute approximate surface area is 111 Å². The van der Waals surface area contributed by atoms with Crippen molar-refractivity contribution in [2.75, 3.05) is 26.3 Å². The topological polar surface area (TPSA) is 59.4 Å². The molecule has 1 saturated heterocycles. The van der Waals surface area contributed by atoms with Crippen LogP contribution in [0.2, 0.25) is 0 Å². The maximum atomic E-state index is 12.1. The molecule has 5 nitrogen and oxygen atoms in total. The van der Waals surface area contributed by atoms with Gasteiger partial charge in [0.25, 0.3) is 5.56 Å². The maximum absolute atomic E-state index is 12.1. The van der Waals surface area contributed by atoms with Gasteiger partial charge in [0.15, 0.2) is 5.82 Å². The van der Waals surface area contributed by atoms with Gasteiger partial charge in [0, 0.05) is 0 Å². The molecule has 1 aromatic heterocycles. The number of H-pyrrole nitrogens is 1. The molecule has 3 rings (SSSR count). The Morgan fingerprint density at radius 1 is 1.32 bits per heavy atom. The summed E-state index contributed by atoms with van der Waals surface area (Å²) in [6.07, 6.45) is 0. The van der Waals surface area contributed by atoms with Crippen LogP contribution in [0.1, 0.15) is 18.8 Å². The molecular formula is C14H18N3O2+. The minimum atomic E-state index is -0.0555. The van der Waals surface area contributed by atoms with Gasteiger partial charge in [-0.3, -0.25) is 4.79 Å². The molecule has 1 atom stereocenters. The predicted octanol–water partition coefficient (Wildman–Crippen LogP) is -0.101. The zero-order chi connectivity index (χ0) is 13.2. The Hall–Kier alpha value is -1.72. The van der Waals surface area contributed by atoms with Gasteiger partial charge in [-0.05, 0) is 19.1 Å². The zero-order valence-corrected chi connectivity index (χ0v) is 11.0. The molecule has 0 saturated carbocycles. The molecule has 2 aromatic rings. The SMILES string of the molecule is C[C@@H](c1nc2ccccc2c(=O)[nH]1)[NH+]1CCOCC1. The molecule has 100 valence electrons. The first-order chi connectivity index (χ1) is 9.25. The summed E-state index contributed by atoms with van der Waals surface area (Å²) in [7, 11) is 0. The molecule has 2 N–H and O–H groups in total. The number of nitrogens with zero attached hydrogens (tertiary/aromatic N) is 1. The normalized spacial score (nSPS) is 18.6. The van der Waals surface area contributed by atoms with E-state index in [0.717, 1.165) is 37.6 Å². The Balaban J connectivity index is 1.98. The second kappa shape index (κ2) is 5.11. The van der Waals surface area contributed by atoms with E-state index in [-0.39, 0.29) is 11.6 Å². The lowest BCUT2D eigenvalue weighted by atomic mass is 10.2. The average Bonchev–Trinajstić information content (AvgIpc) is 2.47. The highest BCUT2D eigenvalue weighted by atomic mass is 16.5. The molecule has 0 bridgehead atoms. The summed E-state index contributed by atoms with van der Waals surface area (Å²) in [6.45, 7) is 5.57. The second-order valence-electron chi connectivity index (χ2n) is 4.96. The number of aromatic amines is 1. The maximum Gasteiger partial charge on any atom is 0.258 e. The number of aromatic nitrogens is 2. The largest absolute Gasteiger partial charge is 0.370 e. The third-order valence-corrected chi connectivity index (χ3v) is 3.79. The van der Waals surface area contributed by atoms with E-state index < -0.39 is 0 Å². The molecule has 0 aliphatic carbocycles. The Bertz CT molecular complexity index is 632. The third-order valence-electron chi connectivity index (χ3n) is 3.79. The predicted molar refractivity (Wildman–Crippen MR) is 72.3 cm³/mol. The molecule has 0 radical (unpaired) electrons. The molecule has 19 heavy (non-hydrogen) atoms. The zero-order valence-electron chi connectivity index (χ0n) is 11.0. The number of quaternary nitrogens is 1. The number of hydrogen-bond acceptors (Lipinski definition) is 3. The van der Waals surface area contributed by atoms with Crippen molar-refractivity contribution in [2.45, 2.75) is 13.0 Å². The van der Waals surface area contributed by atoms with Gasteiger partial charge in [-0.15, -0.1) is 0 Å². The fraction of sp³-hybridized carbons (Fsp3) is 0.429. The lowest BCUT2D eigenvalue weighted by Gasteiger charge is -2.28. The highest BCUT2D eigenvalue weighted by Gasteiger charge is 2.24. The van der Waals surface area contributed by atoms with E-state index in [1.165, 1.54) is 4.90 Å². The lowest BCUT2D eigenvalue weighted by molar-refractivity contribution is -0.937. The van der Waals surface area contributed by atoms with Crippen LogP contribution in [0.4, 0.5) is 0 Å². The van der Waals surface area contributed by atoms with Crippen molar-refractivity contribution in [3.8, 4) is 0 Å². The number of ether oxygens (including phenoxy) is 1. The van der Waals surface area contributed by atoms with E-state index in [0.29, 0.717) is 5.39 Å². The number of rotatable bonds is 2. The molecular weight excluding hydrogens is 242 g/mol. The molecule has 0 spiro atoms. The van der Waals surface area contributed by atoms with Crippen molar-refractivity contribution in [2.24, 2.45) is 0 Å². The van der Waals surface area contributed by atoms with Crippen LogP contribution in [-0.2, 0) is 4.74 Å². The van der Waals surface area contributed by atoms with Gasteiger partial charge in [-0.25, -0.2) is 4.98 Å².